The Morgan fingerprint density at radius 3 is 3.18 bits per heavy atom. The summed E-state index contributed by atoms with van der Waals surface area (Å²) >= 11 is 0. The van der Waals surface area contributed by atoms with E-state index in [9.17, 15) is 4.79 Å². The van der Waals surface area contributed by atoms with Crippen molar-refractivity contribution in [2.45, 2.75) is 13.0 Å². The summed E-state index contributed by atoms with van der Waals surface area (Å²) in [4.78, 5) is 16.9. The van der Waals surface area contributed by atoms with Gasteiger partial charge in [-0.05, 0) is 6.92 Å². The van der Waals surface area contributed by atoms with E-state index in [1.165, 1.54) is 4.90 Å². The first-order valence-electron chi connectivity index (χ1n) is 3.56. The van der Waals surface area contributed by atoms with E-state index in [1.807, 2.05) is 6.92 Å². The zero-order valence-electron chi connectivity index (χ0n) is 6.41. The average Bonchev–Trinajstić information content (AvgIpc) is 2.13. The molecule has 1 heterocycles. The molecule has 1 aliphatic heterocycles. The highest BCUT2D eigenvalue weighted by molar-refractivity contribution is 5.65. The van der Waals surface area contributed by atoms with Crippen LogP contribution < -0.4 is 5.48 Å². The summed E-state index contributed by atoms with van der Waals surface area (Å²) in [6.07, 6.45) is -0.884. The van der Waals surface area contributed by atoms with Crippen molar-refractivity contribution in [1.29, 1.82) is 0 Å². The summed E-state index contributed by atoms with van der Waals surface area (Å²) in [5, 5.41) is 8.68. The van der Waals surface area contributed by atoms with Gasteiger partial charge in [0.2, 0.25) is 0 Å². The van der Waals surface area contributed by atoms with Crippen molar-refractivity contribution in [3.05, 3.63) is 0 Å². The summed E-state index contributed by atoms with van der Waals surface area (Å²) < 4.78 is 0. The first-order valence-corrected chi connectivity index (χ1v) is 3.56. The van der Waals surface area contributed by atoms with E-state index in [2.05, 4.69) is 5.48 Å². The van der Waals surface area contributed by atoms with Crippen LogP contribution in [0.3, 0.4) is 0 Å². The Balaban J connectivity index is 2.52. The minimum absolute atomic E-state index is 0.0671. The first-order chi connectivity index (χ1) is 5.22. The Morgan fingerprint density at radius 2 is 2.55 bits per heavy atom. The Hall–Kier alpha value is -0.810. The van der Waals surface area contributed by atoms with Crippen LogP contribution in [0, 0.1) is 0 Å². The molecule has 0 radical (unpaired) electrons. The van der Waals surface area contributed by atoms with Gasteiger partial charge in [-0.2, -0.15) is 0 Å². The van der Waals surface area contributed by atoms with Crippen LogP contribution in [-0.2, 0) is 4.84 Å². The molecule has 1 amide bonds. The van der Waals surface area contributed by atoms with E-state index >= 15 is 0 Å². The highest BCUT2D eigenvalue weighted by Gasteiger charge is 2.21. The molecule has 1 aliphatic rings. The molecular formula is C6H12N2O3. The second-order valence-electron chi connectivity index (χ2n) is 2.53. The lowest BCUT2D eigenvalue weighted by atomic mass is 10.3. The van der Waals surface area contributed by atoms with Gasteiger partial charge in [0.1, 0.15) is 0 Å². The molecular weight excluding hydrogens is 148 g/mol. The number of carboxylic acid groups (broad SMARTS) is 1. The number of amides is 1. The summed E-state index contributed by atoms with van der Waals surface area (Å²) in [6.45, 7) is 3.26. The van der Waals surface area contributed by atoms with Crippen molar-refractivity contribution >= 4 is 6.09 Å². The molecule has 5 nitrogen and oxygen atoms in total. The van der Waals surface area contributed by atoms with Crippen molar-refractivity contribution in [2.75, 3.05) is 19.7 Å². The van der Waals surface area contributed by atoms with E-state index in [1.54, 1.807) is 0 Å². The predicted octanol–water partition coefficient (Wildman–Crippen LogP) is -0.110. The standard InChI is InChI=1S/C6H12N2O3/c1-5-4-11-7-2-3-8(5)6(9)10/h5,7H,2-4H2,1H3,(H,9,10)/t5-/m1/s1. The molecule has 1 rings (SSSR count). The molecule has 0 aromatic carbocycles. The molecule has 0 bridgehead atoms. The van der Waals surface area contributed by atoms with Crippen molar-refractivity contribution < 1.29 is 14.7 Å². The van der Waals surface area contributed by atoms with Crippen LogP contribution in [0.1, 0.15) is 6.92 Å². The van der Waals surface area contributed by atoms with Gasteiger partial charge in [0, 0.05) is 13.1 Å². The molecule has 0 unspecified atom stereocenters. The van der Waals surface area contributed by atoms with E-state index in [0.717, 1.165) is 0 Å². The van der Waals surface area contributed by atoms with Gasteiger partial charge in [0.25, 0.3) is 0 Å². The summed E-state index contributed by atoms with van der Waals surface area (Å²) in [6, 6.07) is -0.0671. The monoisotopic (exact) mass is 160 g/mol. The van der Waals surface area contributed by atoms with E-state index in [4.69, 9.17) is 9.94 Å². The summed E-state index contributed by atoms with van der Waals surface area (Å²) in [7, 11) is 0. The second-order valence-corrected chi connectivity index (χ2v) is 2.53. The fraction of sp³-hybridized carbons (Fsp3) is 0.833. The van der Waals surface area contributed by atoms with Gasteiger partial charge >= 0.3 is 6.09 Å². The van der Waals surface area contributed by atoms with Crippen LogP contribution in [0.15, 0.2) is 0 Å². The molecule has 1 atom stereocenters. The number of nitrogens with one attached hydrogen (secondary N) is 1. The first kappa shape index (κ1) is 8.29. The van der Waals surface area contributed by atoms with Gasteiger partial charge in [0.05, 0.1) is 12.6 Å². The highest BCUT2D eigenvalue weighted by atomic mass is 16.6. The smallest absolute Gasteiger partial charge is 0.407 e. The van der Waals surface area contributed by atoms with Gasteiger partial charge in [-0.1, -0.05) is 0 Å². The van der Waals surface area contributed by atoms with Crippen molar-refractivity contribution in [2.24, 2.45) is 0 Å². The Bertz CT molecular complexity index is 151. The number of nitrogens with zero attached hydrogens (tertiary/aromatic N) is 1. The zero-order chi connectivity index (χ0) is 8.27. The minimum Gasteiger partial charge on any atom is -0.465 e. The molecule has 11 heavy (non-hydrogen) atoms. The molecule has 1 fully saturated rings. The van der Waals surface area contributed by atoms with E-state index < -0.39 is 6.09 Å². The van der Waals surface area contributed by atoms with Crippen LogP contribution >= 0.6 is 0 Å². The van der Waals surface area contributed by atoms with Crippen molar-refractivity contribution in [3.63, 3.8) is 0 Å². The van der Waals surface area contributed by atoms with Gasteiger partial charge in [0.15, 0.2) is 0 Å². The van der Waals surface area contributed by atoms with Gasteiger partial charge < -0.3 is 10.0 Å². The number of hydroxylamine groups is 1. The third-order valence-electron chi connectivity index (χ3n) is 1.66. The van der Waals surface area contributed by atoms with Crippen LogP contribution in [0.5, 0.6) is 0 Å². The third kappa shape index (κ3) is 2.06. The predicted molar refractivity (Wildman–Crippen MR) is 38.1 cm³/mol. The van der Waals surface area contributed by atoms with Crippen LogP contribution in [0.4, 0.5) is 4.79 Å². The van der Waals surface area contributed by atoms with Gasteiger partial charge in [-0.15, -0.1) is 0 Å². The van der Waals surface area contributed by atoms with Crippen molar-refractivity contribution in [1.82, 2.24) is 10.4 Å². The maximum absolute atomic E-state index is 10.6. The van der Waals surface area contributed by atoms with E-state index in [-0.39, 0.29) is 6.04 Å². The Morgan fingerprint density at radius 1 is 1.82 bits per heavy atom. The molecule has 64 valence electrons. The lowest BCUT2D eigenvalue weighted by Crippen LogP contribution is -2.39. The minimum atomic E-state index is -0.884. The molecule has 0 aromatic rings. The average molecular weight is 160 g/mol. The molecule has 2 N–H and O–H groups in total. The molecule has 1 saturated heterocycles. The number of carbonyl (C=O) groups is 1. The third-order valence-corrected chi connectivity index (χ3v) is 1.66. The van der Waals surface area contributed by atoms with Crippen LogP contribution in [-0.4, -0.2) is 41.8 Å². The SMILES string of the molecule is C[C@@H]1CONCCN1C(=O)O. The summed E-state index contributed by atoms with van der Waals surface area (Å²) in [5.74, 6) is 0. The van der Waals surface area contributed by atoms with Gasteiger partial charge in [-0.25, -0.2) is 10.3 Å². The lowest BCUT2D eigenvalue weighted by Gasteiger charge is -2.21. The zero-order valence-corrected chi connectivity index (χ0v) is 6.41. The fourth-order valence-electron chi connectivity index (χ4n) is 1.01. The van der Waals surface area contributed by atoms with Gasteiger partial charge in [-0.3, -0.25) is 4.84 Å². The molecule has 0 aromatic heterocycles. The molecule has 0 spiro atoms. The Labute approximate surface area is 64.9 Å². The number of hydrogen-bond donors (Lipinski definition) is 2. The fourth-order valence-corrected chi connectivity index (χ4v) is 1.01. The maximum atomic E-state index is 10.6. The number of hydrogen-bond acceptors (Lipinski definition) is 3. The maximum Gasteiger partial charge on any atom is 0.407 e. The normalized spacial score (nSPS) is 26.3. The van der Waals surface area contributed by atoms with E-state index in [0.29, 0.717) is 19.7 Å². The number of rotatable bonds is 0. The summed E-state index contributed by atoms with van der Waals surface area (Å²) in [5.41, 5.74) is 2.66. The molecule has 5 heteroatoms. The quantitative estimate of drug-likeness (QED) is 0.519. The van der Waals surface area contributed by atoms with Crippen LogP contribution in [0.2, 0.25) is 0 Å². The topological polar surface area (TPSA) is 61.8 Å². The largest absolute Gasteiger partial charge is 0.465 e. The van der Waals surface area contributed by atoms with Crippen molar-refractivity contribution in [3.8, 4) is 0 Å². The Kier molecular flexibility index (Phi) is 2.67. The lowest BCUT2D eigenvalue weighted by molar-refractivity contribution is 0.0374. The second kappa shape index (κ2) is 3.54. The van der Waals surface area contributed by atoms with Crippen LogP contribution in [0.25, 0.3) is 0 Å². The molecule has 0 aliphatic carbocycles. The highest BCUT2D eigenvalue weighted by Crippen LogP contribution is 2.01. The molecule has 0 saturated carbocycles.